The molecule has 2 unspecified atom stereocenters. The Bertz CT molecular complexity index is 1110. The summed E-state index contributed by atoms with van der Waals surface area (Å²) in [5, 5.41) is 2.93. The van der Waals surface area contributed by atoms with Gasteiger partial charge in [-0.15, -0.1) is 6.58 Å². The van der Waals surface area contributed by atoms with Crippen LogP contribution in [0.15, 0.2) is 50.0 Å². The molecular weight excluding hydrogens is 466 g/mol. The number of carbonyl (C=O) groups excluding carboxylic acids is 2. The van der Waals surface area contributed by atoms with Crippen LogP contribution in [0.3, 0.4) is 0 Å². The second kappa shape index (κ2) is 12.2. The smallest absolute Gasteiger partial charge is 0.409 e. The van der Waals surface area contributed by atoms with E-state index in [9.17, 15) is 9.59 Å². The minimum absolute atomic E-state index is 0.0565. The molecule has 0 bridgehead atoms. The molecule has 3 rings (SSSR count). The van der Waals surface area contributed by atoms with Gasteiger partial charge in [-0.05, 0) is 35.5 Å². The minimum atomic E-state index is -0.413. The molecule has 1 aliphatic rings. The highest BCUT2D eigenvalue weighted by Crippen LogP contribution is 2.37. The topological polar surface area (TPSA) is 79.7 Å². The number of benzene rings is 1. The number of hydrogen-bond donors (Lipinski definition) is 1. The number of aromatic nitrogens is 2. The molecule has 0 spiro atoms. The lowest BCUT2D eigenvalue weighted by Crippen LogP contribution is -2.50. The highest BCUT2D eigenvalue weighted by Gasteiger charge is 2.30. The molecule has 0 aliphatic carbocycles. The first-order valence-electron chi connectivity index (χ1n) is 12.8. The molecule has 2 atom stereocenters. The van der Waals surface area contributed by atoms with Gasteiger partial charge in [0.05, 0.1) is 30.9 Å². The van der Waals surface area contributed by atoms with Gasteiger partial charge in [-0.25, -0.2) is 9.78 Å². The predicted octanol–water partition coefficient (Wildman–Crippen LogP) is 4.65. The maximum atomic E-state index is 12.6. The molecule has 8 nitrogen and oxygen atoms in total. The van der Waals surface area contributed by atoms with Gasteiger partial charge >= 0.3 is 6.09 Å². The highest BCUT2D eigenvalue weighted by atomic mass is 16.6. The van der Waals surface area contributed by atoms with E-state index in [0.29, 0.717) is 26.1 Å². The SMILES string of the molecule is C=CCC(c1ccc(C)cc1C(=C)C(NC=O)c1cncn1C)N1CCN(C(=O)OCC(C)(C)C)CC1. The van der Waals surface area contributed by atoms with Crippen molar-refractivity contribution in [3.8, 4) is 0 Å². The Balaban J connectivity index is 1.85. The Kier molecular flexibility index (Phi) is 9.32. The van der Waals surface area contributed by atoms with Crippen LogP contribution in [0.25, 0.3) is 5.57 Å². The molecule has 2 aromatic rings. The van der Waals surface area contributed by atoms with Gasteiger partial charge in [-0.3, -0.25) is 9.69 Å². The summed E-state index contributed by atoms with van der Waals surface area (Å²) < 4.78 is 7.42. The summed E-state index contributed by atoms with van der Waals surface area (Å²) in [4.78, 5) is 32.5. The van der Waals surface area contributed by atoms with E-state index in [2.05, 4.69) is 74.3 Å². The van der Waals surface area contributed by atoms with E-state index in [1.165, 1.54) is 0 Å². The zero-order valence-corrected chi connectivity index (χ0v) is 22.9. The van der Waals surface area contributed by atoms with Crippen molar-refractivity contribution in [3.05, 3.63) is 72.3 Å². The number of rotatable bonds is 10. The summed E-state index contributed by atoms with van der Waals surface area (Å²) >= 11 is 0. The van der Waals surface area contributed by atoms with Gasteiger partial charge in [0, 0.05) is 39.3 Å². The number of piperazine rings is 1. The zero-order chi connectivity index (χ0) is 27.2. The summed E-state index contributed by atoms with van der Waals surface area (Å²) in [6.07, 6.45) is 6.60. The number of carbonyl (C=O) groups is 2. The molecule has 8 heteroatoms. The highest BCUT2D eigenvalue weighted by molar-refractivity contribution is 5.74. The molecule has 1 fully saturated rings. The molecule has 0 saturated carbocycles. The fourth-order valence-electron chi connectivity index (χ4n) is 4.69. The van der Waals surface area contributed by atoms with Crippen LogP contribution in [-0.4, -0.2) is 64.6 Å². The van der Waals surface area contributed by atoms with E-state index in [1.807, 2.05) is 17.7 Å². The number of nitrogens with zero attached hydrogens (tertiary/aromatic N) is 4. The normalized spacial score (nSPS) is 16.1. The molecule has 37 heavy (non-hydrogen) atoms. The first kappa shape index (κ1) is 28.2. The Hall–Kier alpha value is -3.39. The Labute approximate surface area is 221 Å². The van der Waals surface area contributed by atoms with E-state index in [4.69, 9.17) is 4.74 Å². The van der Waals surface area contributed by atoms with Gasteiger partial charge in [0.15, 0.2) is 0 Å². The molecule has 1 N–H and O–H groups in total. The van der Waals surface area contributed by atoms with Crippen LogP contribution in [0.5, 0.6) is 0 Å². The number of aryl methyl sites for hydroxylation is 2. The molecule has 1 aromatic carbocycles. The third-order valence-corrected chi connectivity index (χ3v) is 6.68. The summed E-state index contributed by atoms with van der Waals surface area (Å²) in [7, 11) is 1.90. The maximum absolute atomic E-state index is 12.6. The number of hydrogen-bond acceptors (Lipinski definition) is 5. The van der Waals surface area contributed by atoms with Crippen LogP contribution in [0.4, 0.5) is 4.79 Å². The average molecular weight is 508 g/mol. The second-order valence-corrected chi connectivity index (χ2v) is 10.9. The van der Waals surface area contributed by atoms with Crippen LogP contribution in [0.1, 0.15) is 61.7 Å². The number of imidazole rings is 1. The summed E-state index contributed by atoms with van der Waals surface area (Å²) in [5.74, 6) is 0. The van der Waals surface area contributed by atoms with Crippen molar-refractivity contribution >= 4 is 18.1 Å². The summed E-state index contributed by atoms with van der Waals surface area (Å²) in [6, 6.07) is 6.03. The molecule has 1 aromatic heterocycles. The second-order valence-electron chi connectivity index (χ2n) is 10.9. The molecular formula is C29H41N5O3. The standard InChI is InChI=1S/C29H41N5O3/c1-8-9-25(33-12-14-34(15-13-33)28(36)37-18-29(4,5)6)23-11-10-21(2)16-24(23)22(3)27(31-20-35)26-17-30-19-32(26)7/h8,10-11,16-17,19-20,25,27H,1,3,9,12-15,18H2,2,4-7H3,(H,31,35). The number of nitrogens with one attached hydrogen (secondary N) is 1. The molecule has 1 saturated heterocycles. The van der Waals surface area contributed by atoms with Crippen LogP contribution < -0.4 is 5.32 Å². The fourth-order valence-corrected chi connectivity index (χ4v) is 4.69. The van der Waals surface area contributed by atoms with Gasteiger partial charge in [0.1, 0.15) is 0 Å². The zero-order valence-electron chi connectivity index (χ0n) is 22.9. The van der Waals surface area contributed by atoms with Gasteiger partial charge < -0.3 is 19.5 Å². The van der Waals surface area contributed by atoms with E-state index in [0.717, 1.165) is 47.5 Å². The van der Waals surface area contributed by atoms with Crippen LogP contribution >= 0.6 is 0 Å². The Morgan fingerprint density at radius 2 is 1.95 bits per heavy atom. The van der Waals surface area contributed by atoms with E-state index in [1.54, 1.807) is 17.4 Å². The first-order valence-corrected chi connectivity index (χ1v) is 12.8. The van der Waals surface area contributed by atoms with Crippen molar-refractivity contribution in [3.63, 3.8) is 0 Å². The van der Waals surface area contributed by atoms with Crippen molar-refractivity contribution in [2.75, 3.05) is 32.8 Å². The van der Waals surface area contributed by atoms with E-state index >= 15 is 0 Å². The quantitative estimate of drug-likeness (QED) is 0.374. The lowest BCUT2D eigenvalue weighted by atomic mass is 9.87. The van der Waals surface area contributed by atoms with Crippen molar-refractivity contribution in [1.82, 2.24) is 24.7 Å². The van der Waals surface area contributed by atoms with Gasteiger partial charge in [-0.1, -0.05) is 57.2 Å². The van der Waals surface area contributed by atoms with Crippen LogP contribution in [-0.2, 0) is 16.6 Å². The third-order valence-electron chi connectivity index (χ3n) is 6.68. The Morgan fingerprint density at radius 1 is 1.24 bits per heavy atom. The molecule has 2 amide bonds. The van der Waals surface area contributed by atoms with Crippen molar-refractivity contribution < 1.29 is 14.3 Å². The van der Waals surface area contributed by atoms with Gasteiger partial charge in [0.2, 0.25) is 6.41 Å². The average Bonchev–Trinajstić information content (AvgIpc) is 3.29. The van der Waals surface area contributed by atoms with E-state index < -0.39 is 6.04 Å². The number of amides is 2. The summed E-state index contributed by atoms with van der Waals surface area (Å²) in [6.45, 7) is 19.7. The fraction of sp³-hybridized carbons (Fsp3) is 0.483. The van der Waals surface area contributed by atoms with Crippen LogP contribution in [0, 0.1) is 12.3 Å². The van der Waals surface area contributed by atoms with Crippen molar-refractivity contribution in [1.29, 1.82) is 0 Å². The number of ether oxygens (including phenoxy) is 1. The van der Waals surface area contributed by atoms with Crippen molar-refractivity contribution in [2.24, 2.45) is 12.5 Å². The Morgan fingerprint density at radius 3 is 2.51 bits per heavy atom. The third kappa shape index (κ3) is 7.10. The van der Waals surface area contributed by atoms with E-state index in [-0.39, 0.29) is 17.6 Å². The first-order chi connectivity index (χ1) is 17.6. The van der Waals surface area contributed by atoms with Crippen molar-refractivity contribution in [2.45, 2.75) is 46.2 Å². The molecule has 1 aliphatic heterocycles. The maximum Gasteiger partial charge on any atom is 0.409 e. The lowest BCUT2D eigenvalue weighted by molar-refractivity contribution is -0.109. The van der Waals surface area contributed by atoms with Gasteiger partial charge in [0.25, 0.3) is 0 Å². The summed E-state index contributed by atoms with van der Waals surface area (Å²) in [5.41, 5.74) is 4.82. The molecule has 200 valence electrons. The molecule has 2 heterocycles. The lowest BCUT2D eigenvalue weighted by Gasteiger charge is -2.40. The minimum Gasteiger partial charge on any atom is -0.449 e. The monoisotopic (exact) mass is 507 g/mol. The predicted molar refractivity (Wildman–Crippen MR) is 147 cm³/mol. The van der Waals surface area contributed by atoms with Gasteiger partial charge in [-0.2, -0.15) is 0 Å². The largest absolute Gasteiger partial charge is 0.449 e. The van der Waals surface area contributed by atoms with Crippen LogP contribution in [0.2, 0.25) is 0 Å². The molecule has 0 radical (unpaired) electrons.